The molecule has 0 spiro atoms. The van der Waals surface area contributed by atoms with Crippen molar-refractivity contribution in [3.05, 3.63) is 42.1 Å². The highest BCUT2D eigenvalue weighted by molar-refractivity contribution is 5.95. The van der Waals surface area contributed by atoms with E-state index in [2.05, 4.69) is 4.98 Å². The van der Waals surface area contributed by atoms with E-state index in [1.807, 2.05) is 51.1 Å². The Balaban J connectivity index is 1.63. The molecule has 25 heavy (non-hydrogen) atoms. The van der Waals surface area contributed by atoms with Crippen molar-refractivity contribution in [2.75, 3.05) is 26.2 Å². The second-order valence-electron chi connectivity index (χ2n) is 7.15. The van der Waals surface area contributed by atoms with Gasteiger partial charge in [-0.25, -0.2) is 9.78 Å². The minimum Gasteiger partial charge on any atom is -0.444 e. The molecule has 6 nitrogen and oxygen atoms in total. The number of aromatic nitrogens is 1. The van der Waals surface area contributed by atoms with E-state index < -0.39 is 5.60 Å². The molecule has 1 saturated heterocycles. The number of pyridine rings is 1. The normalized spacial score (nSPS) is 15.3. The standard InChI is InChI=1S/C19H23N3O3/c1-19(2,3)25-18(24)22-12-10-21(11-13-22)17(23)16-9-8-14-6-4-5-7-15(14)20-16/h4-9H,10-13H2,1-3H3. The average molecular weight is 341 g/mol. The van der Waals surface area contributed by atoms with Gasteiger partial charge < -0.3 is 14.5 Å². The summed E-state index contributed by atoms with van der Waals surface area (Å²) < 4.78 is 5.38. The molecule has 0 aliphatic carbocycles. The van der Waals surface area contributed by atoms with Gasteiger partial charge in [0.1, 0.15) is 11.3 Å². The Bertz CT molecular complexity index is 790. The zero-order valence-electron chi connectivity index (χ0n) is 14.9. The molecule has 2 amide bonds. The van der Waals surface area contributed by atoms with E-state index in [4.69, 9.17) is 4.74 Å². The SMILES string of the molecule is CC(C)(C)OC(=O)N1CCN(C(=O)c2ccc3ccccc3n2)CC1. The smallest absolute Gasteiger partial charge is 0.410 e. The van der Waals surface area contributed by atoms with Crippen LogP contribution in [0.25, 0.3) is 10.9 Å². The lowest BCUT2D eigenvalue weighted by atomic mass is 10.2. The highest BCUT2D eigenvalue weighted by atomic mass is 16.6. The van der Waals surface area contributed by atoms with Gasteiger partial charge in [0.2, 0.25) is 0 Å². The first-order chi connectivity index (χ1) is 11.8. The van der Waals surface area contributed by atoms with E-state index in [1.165, 1.54) is 0 Å². The van der Waals surface area contributed by atoms with Crippen molar-refractivity contribution in [2.24, 2.45) is 0 Å². The minimum atomic E-state index is -0.515. The average Bonchev–Trinajstić information content (AvgIpc) is 2.59. The van der Waals surface area contributed by atoms with Crippen molar-refractivity contribution in [1.29, 1.82) is 0 Å². The van der Waals surface area contributed by atoms with Crippen LogP contribution >= 0.6 is 0 Å². The van der Waals surface area contributed by atoms with Crippen LogP contribution in [-0.4, -0.2) is 58.6 Å². The largest absolute Gasteiger partial charge is 0.444 e. The molecule has 1 aliphatic rings. The number of nitrogens with zero attached hydrogens (tertiary/aromatic N) is 3. The molecule has 0 atom stereocenters. The molecule has 1 aliphatic heterocycles. The Labute approximate surface area is 147 Å². The van der Waals surface area contributed by atoms with E-state index in [0.29, 0.717) is 31.9 Å². The molecule has 0 saturated carbocycles. The van der Waals surface area contributed by atoms with Gasteiger partial charge in [0, 0.05) is 31.6 Å². The van der Waals surface area contributed by atoms with E-state index in [9.17, 15) is 9.59 Å². The molecule has 132 valence electrons. The molecule has 1 aromatic heterocycles. The predicted octanol–water partition coefficient (Wildman–Crippen LogP) is 2.93. The number of fused-ring (bicyclic) bond motifs is 1. The van der Waals surface area contributed by atoms with Gasteiger partial charge >= 0.3 is 6.09 Å². The van der Waals surface area contributed by atoms with Crippen LogP contribution in [-0.2, 0) is 4.74 Å². The van der Waals surface area contributed by atoms with Crippen LogP contribution in [0.5, 0.6) is 0 Å². The number of hydrogen-bond donors (Lipinski definition) is 0. The lowest BCUT2D eigenvalue weighted by molar-refractivity contribution is 0.0140. The lowest BCUT2D eigenvalue weighted by Gasteiger charge is -2.35. The van der Waals surface area contributed by atoms with Crippen molar-refractivity contribution >= 4 is 22.9 Å². The molecule has 0 bridgehead atoms. The van der Waals surface area contributed by atoms with Gasteiger partial charge in [-0.1, -0.05) is 24.3 Å². The van der Waals surface area contributed by atoms with Crippen molar-refractivity contribution < 1.29 is 14.3 Å². The number of piperazine rings is 1. The summed E-state index contributed by atoms with van der Waals surface area (Å²) in [5.41, 5.74) is 0.726. The van der Waals surface area contributed by atoms with Gasteiger partial charge in [-0.05, 0) is 32.9 Å². The van der Waals surface area contributed by atoms with Gasteiger partial charge in [0.15, 0.2) is 0 Å². The minimum absolute atomic E-state index is 0.102. The monoisotopic (exact) mass is 341 g/mol. The summed E-state index contributed by atoms with van der Waals surface area (Å²) in [6.07, 6.45) is -0.330. The third-order valence-electron chi connectivity index (χ3n) is 4.04. The first-order valence-electron chi connectivity index (χ1n) is 8.46. The van der Waals surface area contributed by atoms with E-state index in [1.54, 1.807) is 15.9 Å². The summed E-state index contributed by atoms with van der Waals surface area (Å²) in [5, 5.41) is 1.01. The van der Waals surface area contributed by atoms with Crippen molar-refractivity contribution in [3.63, 3.8) is 0 Å². The Hall–Kier alpha value is -2.63. The Kier molecular flexibility index (Phi) is 4.61. The number of hydrogen-bond acceptors (Lipinski definition) is 4. The fraction of sp³-hybridized carbons (Fsp3) is 0.421. The summed E-state index contributed by atoms with van der Waals surface area (Å²) in [4.78, 5) is 32.6. The maximum Gasteiger partial charge on any atom is 0.410 e. The number of rotatable bonds is 1. The number of carbonyl (C=O) groups is 2. The van der Waals surface area contributed by atoms with Gasteiger partial charge in [0.25, 0.3) is 5.91 Å². The summed E-state index contributed by atoms with van der Waals surface area (Å²) in [7, 11) is 0. The van der Waals surface area contributed by atoms with Crippen molar-refractivity contribution in [1.82, 2.24) is 14.8 Å². The summed E-state index contributed by atoms with van der Waals surface area (Å²) in [6.45, 7) is 7.42. The maximum absolute atomic E-state index is 12.7. The van der Waals surface area contributed by atoms with Gasteiger partial charge in [-0.15, -0.1) is 0 Å². The van der Waals surface area contributed by atoms with Crippen LogP contribution in [0.15, 0.2) is 36.4 Å². The quantitative estimate of drug-likeness (QED) is 0.800. The van der Waals surface area contributed by atoms with Gasteiger partial charge in [-0.2, -0.15) is 0 Å². The summed E-state index contributed by atoms with van der Waals surface area (Å²) in [5.74, 6) is -0.102. The first kappa shape index (κ1) is 17.2. The van der Waals surface area contributed by atoms with Crippen LogP contribution in [0.3, 0.4) is 0 Å². The molecule has 1 fully saturated rings. The number of amides is 2. The summed E-state index contributed by atoms with van der Waals surface area (Å²) >= 11 is 0. The van der Waals surface area contributed by atoms with E-state index >= 15 is 0 Å². The molecule has 2 heterocycles. The maximum atomic E-state index is 12.7. The second kappa shape index (κ2) is 6.70. The molecule has 1 aromatic carbocycles. The lowest BCUT2D eigenvalue weighted by Crippen LogP contribution is -2.51. The first-order valence-corrected chi connectivity index (χ1v) is 8.46. The van der Waals surface area contributed by atoms with Crippen molar-refractivity contribution in [2.45, 2.75) is 26.4 Å². The topological polar surface area (TPSA) is 62.7 Å². The van der Waals surface area contributed by atoms with Crippen LogP contribution in [0.4, 0.5) is 4.79 Å². The number of benzene rings is 1. The molecule has 3 rings (SSSR count). The Morgan fingerprint density at radius 3 is 2.28 bits per heavy atom. The molecule has 0 radical (unpaired) electrons. The molecular weight excluding hydrogens is 318 g/mol. The molecule has 2 aromatic rings. The third kappa shape index (κ3) is 4.07. The molecule has 6 heteroatoms. The highest BCUT2D eigenvalue weighted by Gasteiger charge is 2.28. The highest BCUT2D eigenvalue weighted by Crippen LogP contribution is 2.15. The number of para-hydroxylation sites is 1. The van der Waals surface area contributed by atoms with Crippen LogP contribution in [0.2, 0.25) is 0 Å². The Morgan fingerprint density at radius 1 is 0.960 bits per heavy atom. The van der Waals surface area contributed by atoms with Crippen molar-refractivity contribution in [3.8, 4) is 0 Å². The molecular formula is C19H23N3O3. The fourth-order valence-electron chi connectivity index (χ4n) is 2.77. The zero-order valence-corrected chi connectivity index (χ0v) is 14.9. The van der Waals surface area contributed by atoms with Crippen LogP contribution in [0, 0.1) is 0 Å². The van der Waals surface area contributed by atoms with E-state index in [-0.39, 0.29) is 12.0 Å². The molecule has 0 unspecified atom stereocenters. The number of carbonyl (C=O) groups excluding carboxylic acids is 2. The third-order valence-corrected chi connectivity index (χ3v) is 4.04. The van der Waals surface area contributed by atoms with E-state index in [0.717, 1.165) is 10.9 Å². The summed E-state index contributed by atoms with van der Waals surface area (Å²) in [6, 6.07) is 11.4. The molecule has 0 N–H and O–H groups in total. The fourth-order valence-corrected chi connectivity index (χ4v) is 2.77. The zero-order chi connectivity index (χ0) is 18.0. The van der Waals surface area contributed by atoms with Crippen LogP contribution in [0.1, 0.15) is 31.3 Å². The van der Waals surface area contributed by atoms with Gasteiger partial charge in [0.05, 0.1) is 5.52 Å². The predicted molar refractivity (Wildman–Crippen MR) is 95.5 cm³/mol. The van der Waals surface area contributed by atoms with Crippen LogP contribution < -0.4 is 0 Å². The van der Waals surface area contributed by atoms with Gasteiger partial charge in [-0.3, -0.25) is 4.79 Å². The second-order valence-corrected chi connectivity index (χ2v) is 7.15. The number of ether oxygens (including phenoxy) is 1. The Morgan fingerprint density at radius 2 is 1.60 bits per heavy atom.